The molecule has 0 saturated carbocycles. The molecule has 2 heterocycles. The molecule has 0 aromatic carbocycles. The third-order valence-electron chi connectivity index (χ3n) is 2.20. The van der Waals surface area contributed by atoms with E-state index in [0.29, 0.717) is 17.3 Å². The zero-order chi connectivity index (χ0) is 11.0. The Hall–Kier alpha value is -2.00. The van der Waals surface area contributed by atoms with Crippen LogP contribution in [0.2, 0.25) is 0 Å². The lowest BCUT2D eigenvalue weighted by atomic mass is 10.3. The Balaban J connectivity index is 2.92. The fourth-order valence-corrected chi connectivity index (χ4v) is 1.64. The monoisotopic (exact) mass is 202 g/mol. The molecular formula is C10H10N4O. The number of aryl methyl sites for hydroxylation is 3. The van der Waals surface area contributed by atoms with Gasteiger partial charge in [0.2, 0.25) is 11.9 Å². The van der Waals surface area contributed by atoms with E-state index in [9.17, 15) is 4.79 Å². The summed E-state index contributed by atoms with van der Waals surface area (Å²) >= 11 is 0. The van der Waals surface area contributed by atoms with Crippen LogP contribution in [0.25, 0.3) is 5.78 Å². The molecule has 0 atom stereocenters. The summed E-state index contributed by atoms with van der Waals surface area (Å²) in [5, 5.41) is 0. The largest absolute Gasteiger partial charge is 0.265 e. The molecule has 5 nitrogen and oxygen atoms in total. The first kappa shape index (κ1) is 9.55. The molecule has 0 unspecified atom stereocenters. The third-order valence-corrected chi connectivity index (χ3v) is 2.20. The molecule has 0 fully saturated rings. The number of aliphatic imine (C=N–C) groups is 1. The van der Waals surface area contributed by atoms with Gasteiger partial charge in [-0.25, -0.2) is 14.8 Å². The average molecular weight is 202 g/mol. The molecule has 76 valence electrons. The lowest BCUT2D eigenvalue weighted by molar-refractivity contribution is 0.565. The van der Waals surface area contributed by atoms with Gasteiger partial charge >= 0.3 is 0 Å². The molecule has 0 bridgehead atoms. The average Bonchev–Trinajstić information content (AvgIpc) is 2.43. The number of hydrogen-bond acceptors (Lipinski definition) is 4. The number of aromatic nitrogens is 3. The van der Waals surface area contributed by atoms with Crippen molar-refractivity contribution in [3.8, 4) is 0 Å². The van der Waals surface area contributed by atoms with Gasteiger partial charge in [0.05, 0.1) is 5.69 Å². The molecule has 0 aliphatic carbocycles. The summed E-state index contributed by atoms with van der Waals surface area (Å²) in [4.78, 5) is 22.4. The number of rotatable bonds is 1. The standard InChI is InChI=1S/C10H10N4O/c1-6-4-7(2)14-9(11-5-15)8(3)13-10(14)12-6/h4H,1-3H3. The van der Waals surface area contributed by atoms with Crippen LogP contribution in [0.15, 0.2) is 11.1 Å². The van der Waals surface area contributed by atoms with Crippen molar-refractivity contribution in [3.05, 3.63) is 23.1 Å². The van der Waals surface area contributed by atoms with Gasteiger partial charge in [0.25, 0.3) is 0 Å². The summed E-state index contributed by atoms with van der Waals surface area (Å²) in [7, 11) is 0. The molecule has 2 aromatic rings. The predicted molar refractivity (Wildman–Crippen MR) is 55.0 cm³/mol. The van der Waals surface area contributed by atoms with Gasteiger partial charge in [0.1, 0.15) is 0 Å². The third kappa shape index (κ3) is 1.43. The summed E-state index contributed by atoms with van der Waals surface area (Å²) in [6.07, 6.45) is 1.53. The summed E-state index contributed by atoms with van der Waals surface area (Å²) < 4.78 is 1.74. The van der Waals surface area contributed by atoms with Crippen molar-refractivity contribution in [2.45, 2.75) is 20.8 Å². The van der Waals surface area contributed by atoms with Crippen LogP contribution in [0, 0.1) is 20.8 Å². The molecule has 0 saturated heterocycles. The second-order valence-electron chi connectivity index (χ2n) is 3.40. The summed E-state index contributed by atoms with van der Waals surface area (Å²) in [5.41, 5.74) is 2.53. The van der Waals surface area contributed by atoms with E-state index >= 15 is 0 Å². The first-order valence-electron chi connectivity index (χ1n) is 4.54. The Kier molecular flexibility index (Phi) is 2.10. The van der Waals surface area contributed by atoms with Gasteiger partial charge in [-0.1, -0.05) is 0 Å². The van der Waals surface area contributed by atoms with Gasteiger partial charge in [-0.2, -0.15) is 0 Å². The Bertz CT molecular complexity index is 579. The zero-order valence-corrected chi connectivity index (χ0v) is 8.77. The van der Waals surface area contributed by atoms with Crippen molar-refractivity contribution in [1.29, 1.82) is 0 Å². The normalized spacial score (nSPS) is 10.3. The van der Waals surface area contributed by atoms with Crippen LogP contribution < -0.4 is 0 Å². The van der Waals surface area contributed by atoms with Crippen LogP contribution in [-0.4, -0.2) is 20.4 Å². The Labute approximate surface area is 86.5 Å². The van der Waals surface area contributed by atoms with Crippen molar-refractivity contribution in [2.75, 3.05) is 0 Å². The molecule has 0 N–H and O–H groups in total. The smallest absolute Gasteiger partial charge is 0.242 e. The van der Waals surface area contributed by atoms with E-state index in [-0.39, 0.29) is 0 Å². The Morgan fingerprint density at radius 3 is 2.73 bits per heavy atom. The van der Waals surface area contributed by atoms with Gasteiger partial charge in [-0.05, 0) is 26.8 Å². The first-order valence-corrected chi connectivity index (χ1v) is 4.54. The number of carbonyl (C=O) groups excluding carboxylic acids is 1. The minimum atomic E-state index is 0.505. The highest BCUT2D eigenvalue weighted by atomic mass is 16.1. The van der Waals surface area contributed by atoms with Crippen molar-refractivity contribution < 1.29 is 4.79 Å². The zero-order valence-electron chi connectivity index (χ0n) is 8.77. The number of nitrogens with zero attached hydrogens (tertiary/aromatic N) is 4. The molecule has 0 radical (unpaired) electrons. The van der Waals surface area contributed by atoms with E-state index in [0.717, 1.165) is 11.4 Å². The minimum Gasteiger partial charge on any atom is -0.265 e. The summed E-state index contributed by atoms with van der Waals surface area (Å²) in [6, 6.07) is 1.91. The van der Waals surface area contributed by atoms with Crippen molar-refractivity contribution in [1.82, 2.24) is 14.4 Å². The molecule has 15 heavy (non-hydrogen) atoms. The van der Waals surface area contributed by atoms with Crippen LogP contribution in [-0.2, 0) is 4.79 Å². The topological polar surface area (TPSA) is 59.6 Å². The lowest BCUT2D eigenvalue weighted by Crippen LogP contribution is -1.95. The number of imidazole rings is 1. The molecule has 0 amide bonds. The van der Waals surface area contributed by atoms with Gasteiger partial charge in [-0.3, -0.25) is 4.40 Å². The van der Waals surface area contributed by atoms with Gasteiger partial charge < -0.3 is 0 Å². The fourth-order valence-electron chi connectivity index (χ4n) is 1.64. The molecule has 0 spiro atoms. The Morgan fingerprint density at radius 1 is 1.33 bits per heavy atom. The van der Waals surface area contributed by atoms with E-state index in [1.807, 2.05) is 19.9 Å². The second kappa shape index (κ2) is 3.29. The highest BCUT2D eigenvalue weighted by molar-refractivity contribution is 5.54. The summed E-state index contributed by atoms with van der Waals surface area (Å²) in [6.45, 7) is 5.62. The maximum Gasteiger partial charge on any atom is 0.242 e. The fraction of sp³-hybridized carbons (Fsp3) is 0.300. The van der Waals surface area contributed by atoms with E-state index < -0.39 is 0 Å². The molecular weight excluding hydrogens is 192 g/mol. The summed E-state index contributed by atoms with van der Waals surface area (Å²) in [5.74, 6) is 1.07. The van der Waals surface area contributed by atoms with E-state index in [1.165, 1.54) is 6.08 Å². The number of hydrogen-bond donors (Lipinski definition) is 0. The van der Waals surface area contributed by atoms with Crippen molar-refractivity contribution >= 4 is 17.7 Å². The van der Waals surface area contributed by atoms with Crippen LogP contribution in [0.5, 0.6) is 0 Å². The first-order chi connectivity index (χ1) is 7.13. The van der Waals surface area contributed by atoms with Gasteiger partial charge in [0, 0.05) is 11.4 Å². The minimum absolute atomic E-state index is 0.505. The van der Waals surface area contributed by atoms with Gasteiger partial charge in [-0.15, -0.1) is 4.99 Å². The predicted octanol–water partition coefficient (Wildman–Crippen LogP) is 1.62. The molecule has 2 rings (SSSR count). The molecule has 0 aliphatic rings. The van der Waals surface area contributed by atoms with Crippen LogP contribution in [0.4, 0.5) is 5.82 Å². The van der Waals surface area contributed by atoms with E-state index in [4.69, 9.17) is 0 Å². The van der Waals surface area contributed by atoms with Crippen molar-refractivity contribution in [3.63, 3.8) is 0 Å². The Morgan fingerprint density at radius 2 is 2.07 bits per heavy atom. The van der Waals surface area contributed by atoms with Crippen LogP contribution in [0.3, 0.4) is 0 Å². The van der Waals surface area contributed by atoms with Crippen LogP contribution in [0.1, 0.15) is 17.1 Å². The highest BCUT2D eigenvalue weighted by Crippen LogP contribution is 2.21. The van der Waals surface area contributed by atoms with E-state index in [1.54, 1.807) is 11.3 Å². The lowest BCUT2D eigenvalue weighted by Gasteiger charge is -2.01. The SMILES string of the molecule is Cc1cc(C)n2c(N=C=O)c(C)nc2n1. The van der Waals surface area contributed by atoms with E-state index in [2.05, 4.69) is 15.0 Å². The number of fused-ring (bicyclic) bond motifs is 1. The maximum atomic E-state index is 10.3. The molecule has 5 heteroatoms. The molecule has 0 aliphatic heterocycles. The molecule has 2 aromatic heterocycles. The van der Waals surface area contributed by atoms with Crippen LogP contribution >= 0.6 is 0 Å². The second-order valence-corrected chi connectivity index (χ2v) is 3.40. The maximum absolute atomic E-state index is 10.3. The highest BCUT2D eigenvalue weighted by Gasteiger charge is 2.10. The number of isocyanates is 1. The van der Waals surface area contributed by atoms with Crippen molar-refractivity contribution in [2.24, 2.45) is 4.99 Å². The quantitative estimate of drug-likeness (QED) is 0.521. The van der Waals surface area contributed by atoms with Gasteiger partial charge in [0.15, 0.2) is 5.82 Å².